The Morgan fingerprint density at radius 2 is 2.30 bits per heavy atom. The van der Waals surface area contributed by atoms with Gasteiger partial charge < -0.3 is 15.0 Å². The van der Waals surface area contributed by atoms with Gasteiger partial charge in [-0.2, -0.15) is 5.26 Å². The van der Waals surface area contributed by atoms with Crippen LogP contribution in [0, 0.1) is 17.1 Å². The topological polar surface area (TPSA) is 74.1 Å². The molecule has 1 N–H and O–H groups in total. The van der Waals surface area contributed by atoms with Gasteiger partial charge in [0.1, 0.15) is 29.6 Å². The van der Waals surface area contributed by atoms with Crippen LogP contribution in [0.4, 0.5) is 15.9 Å². The van der Waals surface area contributed by atoms with Gasteiger partial charge in [-0.1, -0.05) is 6.07 Å². The van der Waals surface area contributed by atoms with Crippen molar-refractivity contribution >= 4 is 11.5 Å². The van der Waals surface area contributed by atoms with E-state index in [4.69, 9.17) is 10.00 Å². The average Bonchev–Trinajstić information content (AvgIpc) is 3.03. The second kappa shape index (κ2) is 6.48. The Morgan fingerprint density at radius 1 is 1.43 bits per heavy atom. The van der Waals surface area contributed by atoms with Crippen LogP contribution in [0.5, 0.6) is 5.88 Å². The molecule has 0 spiro atoms. The number of hydrogen-bond donors (Lipinski definition) is 1. The van der Waals surface area contributed by atoms with Crippen molar-refractivity contribution in [1.29, 1.82) is 5.26 Å². The van der Waals surface area contributed by atoms with E-state index in [2.05, 4.69) is 15.3 Å². The smallest absolute Gasteiger partial charge is 0.218 e. The first-order valence-corrected chi connectivity index (χ1v) is 7.27. The molecular weight excluding hydrogens is 297 g/mol. The maximum atomic E-state index is 13.7. The molecule has 0 aliphatic carbocycles. The summed E-state index contributed by atoms with van der Waals surface area (Å²) >= 11 is 0. The number of aromatic nitrogens is 2. The van der Waals surface area contributed by atoms with Crippen LogP contribution in [0.1, 0.15) is 12.0 Å². The fourth-order valence-electron chi connectivity index (χ4n) is 2.72. The van der Waals surface area contributed by atoms with E-state index < -0.39 is 5.82 Å². The molecule has 7 heteroatoms. The first-order valence-electron chi connectivity index (χ1n) is 7.27. The molecule has 0 radical (unpaired) electrons. The van der Waals surface area contributed by atoms with Gasteiger partial charge in [0.05, 0.1) is 12.8 Å². The van der Waals surface area contributed by atoms with E-state index >= 15 is 0 Å². The zero-order chi connectivity index (χ0) is 16.2. The van der Waals surface area contributed by atoms with E-state index in [0.717, 1.165) is 13.0 Å². The van der Waals surface area contributed by atoms with Crippen molar-refractivity contribution in [3.05, 3.63) is 42.0 Å². The number of anilines is 2. The van der Waals surface area contributed by atoms with Crippen molar-refractivity contribution in [3.8, 4) is 11.9 Å². The van der Waals surface area contributed by atoms with Crippen LogP contribution in [0.25, 0.3) is 0 Å². The van der Waals surface area contributed by atoms with Gasteiger partial charge in [-0.3, -0.25) is 0 Å². The molecule has 23 heavy (non-hydrogen) atoms. The van der Waals surface area contributed by atoms with E-state index in [9.17, 15) is 4.39 Å². The second-order valence-electron chi connectivity index (χ2n) is 5.27. The highest BCUT2D eigenvalue weighted by Crippen LogP contribution is 2.27. The van der Waals surface area contributed by atoms with E-state index in [-0.39, 0.29) is 11.6 Å². The van der Waals surface area contributed by atoms with Crippen LogP contribution in [-0.2, 0) is 0 Å². The molecular formula is C16H16FN5O. The Hall–Kier alpha value is -2.88. The highest BCUT2D eigenvalue weighted by atomic mass is 19.1. The third-order valence-electron chi connectivity index (χ3n) is 3.84. The lowest BCUT2D eigenvalue weighted by Gasteiger charge is -2.20. The average molecular weight is 313 g/mol. The molecule has 1 unspecified atom stereocenters. The van der Waals surface area contributed by atoms with Crippen molar-refractivity contribution < 1.29 is 9.13 Å². The zero-order valence-corrected chi connectivity index (χ0v) is 12.7. The number of benzene rings is 1. The Balaban J connectivity index is 1.72. The minimum atomic E-state index is -0.484. The van der Waals surface area contributed by atoms with Crippen molar-refractivity contribution in [1.82, 2.24) is 9.97 Å². The predicted octanol–water partition coefficient (Wildman–Crippen LogP) is 2.19. The molecule has 6 nitrogen and oxygen atoms in total. The molecule has 1 aliphatic rings. The molecule has 0 amide bonds. The molecule has 1 saturated heterocycles. The molecule has 3 rings (SSSR count). The van der Waals surface area contributed by atoms with Gasteiger partial charge in [0.15, 0.2) is 0 Å². The minimum absolute atomic E-state index is 0.0943. The molecule has 0 bridgehead atoms. The van der Waals surface area contributed by atoms with Crippen LogP contribution in [0.3, 0.4) is 0 Å². The van der Waals surface area contributed by atoms with E-state index in [0.29, 0.717) is 23.9 Å². The number of rotatable bonds is 4. The Labute approximate surface area is 133 Å². The maximum Gasteiger partial charge on any atom is 0.218 e. The number of nitrogens with one attached hydrogen (secondary N) is 1. The molecule has 1 atom stereocenters. The second-order valence-corrected chi connectivity index (χ2v) is 5.27. The third kappa shape index (κ3) is 3.16. The van der Waals surface area contributed by atoms with Gasteiger partial charge in [-0.15, -0.1) is 0 Å². The van der Waals surface area contributed by atoms with Gasteiger partial charge in [-0.25, -0.2) is 14.4 Å². The van der Waals surface area contributed by atoms with Gasteiger partial charge in [0.2, 0.25) is 5.88 Å². The predicted molar refractivity (Wildman–Crippen MR) is 83.9 cm³/mol. The van der Waals surface area contributed by atoms with Gasteiger partial charge >= 0.3 is 0 Å². The van der Waals surface area contributed by atoms with Crippen molar-refractivity contribution in [3.63, 3.8) is 0 Å². The standard InChI is InChI=1S/C16H16FN5O/c1-23-16-7-15(19-10-20-16)21-11-5-6-22(9-11)14-4-2-3-13(17)12(14)8-18/h2-4,7,10-11H,5-6,9H2,1H3,(H,19,20,21). The van der Waals surface area contributed by atoms with Crippen LogP contribution in [-0.4, -0.2) is 36.2 Å². The highest BCUT2D eigenvalue weighted by molar-refractivity contribution is 5.61. The fraction of sp³-hybridized carbons (Fsp3) is 0.312. The summed E-state index contributed by atoms with van der Waals surface area (Å²) in [6.45, 7) is 1.42. The summed E-state index contributed by atoms with van der Waals surface area (Å²) in [7, 11) is 1.55. The molecule has 2 heterocycles. The monoisotopic (exact) mass is 313 g/mol. The first-order chi connectivity index (χ1) is 11.2. The lowest BCUT2D eigenvalue weighted by atomic mass is 10.1. The molecule has 1 fully saturated rings. The summed E-state index contributed by atoms with van der Waals surface area (Å²) in [5, 5.41) is 12.5. The van der Waals surface area contributed by atoms with Crippen molar-refractivity contribution in [2.45, 2.75) is 12.5 Å². The summed E-state index contributed by atoms with van der Waals surface area (Å²) in [5.74, 6) is 0.694. The van der Waals surface area contributed by atoms with Gasteiger partial charge in [0, 0.05) is 25.2 Å². The van der Waals surface area contributed by atoms with Crippen LogP contribution in [0.2, 0.25) is 0 Å². The van der Waals surface area contributed by atoms with Crippen LogP contribution < -0.4 is 15.0 Å². The lowest BCUT2D eigenvalue weighted by molar-refractivity contribution is 0.397. The van der Waals surface area contributed by atoms with Crippen molar-refractivity contribution in [2.24, 2.45) is 0 Å². The summed E-state index contributed by atoms with van der Waals surface area (Å²) in [6.07, 6.45) is 2.31. The highest BCUT2D eigenvalue weighted by Gasteiger charge is 2.25. The van der Waals surface area contributed by atoms with Crippen LogP contribution in [0.15, 0.2) is 30.6 Å². The number of halogens is 1. The number of nitriles is 1. The van der Waals surface area contributed by atoms with E-state index in [1.165, 1.54) is 12.4 Å². The normalized spacial score (nSPS) is 16.9. The lowest BCUT2D eigenvalue weighted by Crippen LogP contribution is -2.27. The number of hydrogen-bond acceptors (Lipinski definition) is 6. The Morgan fingerprint density at radius 3 is 3.09 bits per heavy atom. The molecule has 118 valence electrons. The van der Waals surface area contributed by atoms with Gasteiger partial charge in [-0.05, 0) is 18.6 Å². The van der Waals surface area contributed by atoms with E-state index in [1.807, 2.05) is 11.0 Å². The minimum Gasteiger partial charge on any atom is -0.481 e. The Kier molecular flexibility index (Phi) is 4.24. The number of ether oxygens (including phenoxy) is 1. The zero-order valence-electron chi connectivity index (χ0n) is 12.7. The number of methoxy groups -OCH3 is 1. The van der Waals surface area contributed by atoms with Crippen molar-refractivity contribution in [2.75, 3.05) is 30.4 Å². The Bertz CT molecular complexity index is 745. The molecule has 1 aromatic carbocycles. The number of nitrogens with zero attached hydrogens (tertiary/aromatic N) is 4. The van der Waals surface area contributed by atoms with E-state index in [1.54, 1.807) is 25.3 Å². The summed E-state index contributed by atoms with van der Waals surface area (Å²) < 4.78 is 18.8. The largest absolute Gasteiger partial charge is 0.481 e. The SMILES string of the molecule is COc1cc(NC2CCN(c3cccc(F)c3C#N)C2)ncn1. The quantitative estimate of drug-likeness (QED) is 0.932. The molecule has 2 aromatic rings. The molecule has 1 aliphatic heterocycles. The van der Waals surface area contributed by atoms with Gasteiger partial charge in [0.25, 0.3) is 0 Å². The summed E-state index contributed by atoms with van der Waals surface area (Å²) in [6, 6.07) is 8.54. The third-order valence-corrected chi connectivity index (χ3v) is 3.84. The summed E-state index contributed by atoms with van der Waals surface area (Å²) in [5.41, 5.74) is 0.730. The maximum absolute atomic E-state index is 13.7. The first kappa shape index (κ1) is 15.0. The molecule has 0 saturated carbocycles. The fourth-order valence-corrected chi connectivity index (χ4v) is 2.72. The molecule has 1 aromatic heterocycles. The van der Waals surface area contributed by atoms with Crippen LogP contribution >= 0.6 is 0 Å². The summed E-state index contributed by atoms with van der Waals surface area (Å²) in [4.78, 5) is 10.1.